The van der Waals surface area contributed by atoms with Crippen molar-refractivity contribution in [2.75, 3.05) is 5.32 Å². The van der Waals surface area contributed by atoms with Crippen molar-refractivity contribution in [3.63, 3.8) is 0 Å². The molecule has 0 spiro atoms. The molecule has 0 fully saturated rings. The van der Waals surface area contributed by atoms with Crippen LogP contribution in [-0.2, 0) is 11.3 Å². The van der Waals surface area contributed by atoms with Crippen molar-refractivity contribution in [1.29, 1.82) is 0 Å². The van der Waals surface area contributed by atoms with Crippen molar-refractivity contribution in [3.8, 4) is 0 Å². The second-order valence-corrected chi connectivity index (χ2v) is 9.42. The van der Waals surface area contributed by atoms with Crippen LogP contribution < -0.4 is 16.0 Å². The summed E-state index contributed by atoms with van der Waals surface area (Å²) in [6, 6.07) is 14.7. The van der Waals surface area contributed by atoms with Crippen molar-refractivity contribution in [1.82, 2.24) is 25.6 Å². The van der Waals surface area contributed by atoms with Crippen LogP contribution in [0.3, 0.4) is 0 Å². The Kier molecular flexibility index (Phi) is 7.05. The topological polar surface area (TPSA) is 129 Å². The van der Waals surface area contributed by atoms with Crippen molar-refractivity contribution in [2.45, 2.75) is 33.4 Å². The van der Waals surface area contributed by atoms with Crippen LogP contribution in [0.5, 0.6) is 0 Å². The molecule has 3 heterocycles. The highest BCUT2D eigenvalue weighted by atomic mass is 16.2. The molecule has 0 unspecified atom stereocenters. The lowest BCUT2D eigenvalue weighted by atomic mass is 10.0. The minimum absolute atomic E-state index is 0.176. The summed E-state index contributed by atoms with van der Waals surface area (Å²) in [7, 11) is 0. The first-order valence-electron chi connectivity index (χ1n) is 12.6. The maximum absolute atomic E-state index is 13.0. The molecule has 0 radical (unpaired) electrons. The van der Waals surface area contributed by atoms with E-state index in [1.807, 2.05) is 51.1 Å². The molecule has 1 aliphatic rings. The van der Waals surface area contributed by atoms with E-state index in [2.05, 4.69) is 30.9 Å². The van der Waals surface area contributed by atoms with E-state index in [1.165, 1.54) is 0 Å². The van der Waals surface area contributed by atoms with Crippen molar-refractivity contribution in [3.05, 3.63) is 112 Å². The SMILES string of the molecule is Cc1[nH]c(/C=C2\C(=O)Nc3ccc(C(=O)N[C@H](C)c4ccccc4)cc32)c(C)c1C(=O)NCc1cnccn1. The van der Waals surface area contributed by atoms with E-state index in [1.54, 1.807) is 42.9 Å². The van der Waals surface area contributed by atoms with Gasteiger partial charge < -0.3 is 20.9 Å². The summed E-state index contributed by atoms with van der Waals surface area (Å²) in [6.45, 7) is 5.81. The molecular weight excluding hydrogens is 492 g/mol. The largest absolute Gasteiger partial charge is 0.358 e. The van der Waals surface area contributed by atoms with Crippen LogP contribution in [0.25, 0.3) is 11.6 Å². The van der Waals surface area contributed by atoms with Gasteiger partial charge in [0.2, 0.25) is 0 Å². The standard InChI is InChI=1S/C30H28N6O3/c1-17-26(34-19(3)27(17)30(39)33-16-22-15-31-11-12-32-22)14-24-23-13-21(9-10-25(23)36-29(24)38)28(37)35-18(2)20-7-5-4-6-8-20/h4-15,18,34H,16H2,1-3H3,(H,33,39)(H,35,37)(H,36,38)/b24-14-/t18-/m1/s1. The van der Waals surface area contributed by atoms with Crippen LogP contribution >= 0.6 is 0 Å². The predicted octanol–water partition coefficient (Wildman–Crippen LogP) is 4.34. The third-order valence-electron chi connectivity index (χ3n) is 6.75. The lowest BCUT2D eigenvalue weighted by molar-refractivity contribution is -0.110. The van der Waals surface area contributed by atoms with Gasteiger partial charge in [0, 0.05) is 40.6 Å². The Labute approximate surface area is 225 Å². The number of hydrogen-bond donors (Lipinski definition) is 4. The summed E-state index contributed by atoms with van der Waals surface area (Å²) in [4.78, 5) is 50.3. The van der Waals surface area contributed by atoms with Crippen molar-refractivity contribution >= 4 is 35.1 Å². The molecule has 1 aliphatic heterocycles. The zero-order valence-electron chi connectivity index (χ0n) is 21.8. The Balaban J connectivity index is 1.38. The Bertz CT molecular complexity index is 1590. The minimum Gasteiger partial charge on any atom is -0.358 e. The van der Waals surface area contributed by atoms with Gasteiger partial charge in [-0.05, 0) is 56.2 Å². The zero-order chi connectivity index (χ0) is 27.5. The fourth-order valence-corrected chi connectivity index (χ4v) is 4.66. The van der Waals surface area contributed by atoms with Gasteiger partial charge in [-0.2, -0.15) is 0 Å². The zero-order valence-corrected chi connectivity index (χ0v) is 21.8. The van der Waals surface area contributed by atoms with E-state index in [-0.39, 0.29) is 30.3 Å². The third kappa shape index (κ3) is 5.33. The summed E-state index contributed by atoms with van der Waals surface area (Å²) in [5, 5.41) is 8.74. The third-order valence-corrected chi connectivity index (χ3v) is 6.75. The molecule has 0 saturated carbocycles. The van der Waals surface area contributed by atoms with Crippen LogP contribution in [0.1, 0.15) is 67.5 Å². The Morgan fingerprint density at radius 2 is 1.85 bits per heavy atom. The van der Waals surface area contributed by atoms with Crippen LogP contribution in [0.2, 0.25) is 0 Å². The number of hydrogen-bond acceptors (Lipinski definition) is 5. The molecular formula is C30H28N6O3. The lowest BCUT2D eigenvalue weighted by Gasteiger charge is -2.14. The highest BCUT2D eigenvalue weighted by Gasteiger charge is 2.27. The number of anilines is 1. The van der Waals surface area contributed by atoms with E-state index < -0.39 is 0 Å². The van der Waals surface area contributed by atoms with E-state index in [9.17, 15) is 14.4 Å². The van der Waals surface area contributed by atoms with Gasteiger partial charge in [0.1, 0.15) is 0 Å². The smallest absolute Gasteiger partial charge is 0.256 e. The van der Waals surface area contributed by atoms with Crippen molar-refractivity contribution in [2.24, 2.45) is 0 Å². The highest BCUT2D eigenvalue weighted by Crippen LogP contribution is 2.35. The molecule has 9 nitrogen and oxygen atoms in total. The van der Waals surface area contributed by atoms with Crippen molar-refractivity contribution < 1.29 is 14.4 Å². The van der Waals surface area contributed by atoms with Crippen LogP contribution in [0, 0.1) is 13.8 Å². The maximum atomic E-state index is 13.0. The normalized spacial score (nSPS) is 14.0. The highest BCUT2D eigenvalue weighted by molar-refractivity contribution is 6.35. The first kappa shape index (κ1) is 25.6. The molecule has 0 saturated heterocycles. The number of nitrogens with one attached hydrogen (secondary N) is 4. The fourth-order valence-electron chi connectivity index (χ4n) is 4.66. The van der Waals surface area contributed by atoms with E-state index >= 15 is 0 Å². The molecule has 4 aromatic rings. The molecule has 4 N–H and O–H groups in total. The summed E-state index contributed by atoms with van der Waals surface area (Å²) >= 11 is 0. The number of nitrogens with zero attached hydrogens (tertiary/aromatic N) is 2. The van der Waals surface area contributed by atoms with Gasteiger partial charge in [0.15, 0.2) is 0 Å². The number of aromatic nitrogens is 3. The number of H-pyrrole nitrogens is 1. The number of aryl methyl sites for hydroxylation is 1. The molecule has 0 bridgehead atoms. The molecule has 196 valence electrons. The quantitative estimate of drug-likeness (QED) is 0.270. The first-order valence-corrected chi connectivity index (χ1v) is 12.6. The molecule has 3 amide bonds. The number of carbonyl (C=O) groups excluding carboxylic acids is 3. The second-order valence-electron chi connectivity index (χ2n) is 9.42. The number of carbonyl (C=O) groups is 3. The Morgan fingerprint density at radius 1 is 1.05 bits per heavy atom. The molecule has 0 aliphatic carbocycles. The first-order chi connectivity index (χ1) is 18.8. The molecule has 2 aromatic heterocycles. The molecule has 9 heteroatoms. The van der Waals surface area contributed by atoms with Gasteiger partial charge in [-0.1, -0.05) is 30.3 Å². The van der Waals surface area contributed by atoms with Crippen LogP contribution in [0.4, 0.5) is 5.69 Å². The number of rotatable bonds is 7. The summed E-state index contributed by atoms with van der Waals surface area (Å²) in [6.07, 6.45) is 6.46. The van der Waals surface area contributed by atoms with E-state index in [0.717, 1.165) is 5.56 Å². The second kappa shape index (κ2) is 10.7. The summed E-state index contributed by atoms with van der Waals surface area (Å²) < 4.78 is 0. The van der Waals surface area contributed by atoms with Gasteiger partial charge in [-0.15, -0.1) is 0 Å². The van der Waals surface area contributed by atoms with Crippen LogP contribution in [-0.4, -0.2) is 32.7 Å². The average molecular weight is 521 g/mol. The lowest BCUT2D eigenvalue weighted by Crippen LogP contribution is -2.26. The van der Waals surface area contributed by atoms with Gasteiger partial charge >= 0.3 is 0 Å². The van der Waals surface area contributed by atoms with Gasteiger partial charge in [-0.25, -0.2) is 0 Å². The summed E-state index contributed by atoms with van der Waals surface area (Å²) in [5.74, 6) is -0.762. The van der Waals surface area contributed by atoms with Gasteiger partial charge in [0.25, 0.3) is 17.7 Å². The van der Waals surface area contributed by atoms with E-state index in [0.29, 0.717) is 50.6 Å². The average Bonchev–Trinajstić information content (AvgIpc) is 3.41. The van der Waals surface area contributed by atoms with Crippen LogP contribution in [0.15, 0.2) is 67.1 Å². The molecule has 5 rings (SSSR count). The number of benzene rings is 2. The molecule has 1 atom stereocenters. The predicted molar refractivity (Wildman–Crippen MR) is 149 cm³/mol. The minimum atomic E-state index is -0.277. The van der Waals surface area contributed by atoms with Gasteiger partial charge in [-0.3, -0.25) is 24.4 Å². The number of fused-ring (bicyclic) bond motifs is 1. The van der Waals surface area contributed by atoms with Gasteiger partial charge in [0.05, 0.1) is 35.6 Å². The Hall–Kier alpha value is -5.05. The number of amides is 3. The summed E-state index contributed by atoms with van der Waals surface area (Å²) in [5.41, 5.74) is 6.29. The monoisotopic (exact) mass is 520 g/mol. The Morgan fingerprint density at radius 3 is 2.59 bits per heavy atom. The number of aromatic amines is 1. The maximum Gasteiger partial charge on any atom is 0.256 e. The van der Waals surface area contributed by atoms with E-state index in [4.69, 9.17) is 0 Å². The fraction of sp³-hybridized carbons (Fsp3) is 0.167. The molecule has 39 heavy (non-hydrogen) atoms. The molecule has 2 aromatic carbocycles.